The number of nitrogens with one attached hydrogen (secondary N) is 2. The molecule has 12 heavy (non-hydrogen) atoms. The molecule has 0 heterocycles. The van der Waals surface area contributed by atoms with E-state index in [4.69, 9.17) is 5.11 Å². The Balaban J connectivity index is 4.23. The molecule has 2 amide bonds. The molecule has 5 nitrogen and oxygen atoms in total. The molecule has 0 aliphatic carbocycles. The Morgan fingerprint density at radius 3 is 2.17 bits per heavy atom. The second-order valence-electron chi connectivity index (χ2n) is 2.53. The lowest BCUT2D eigenvalue weighted by molar-refractivity contribution is -0.130. The van der Waals surface area contributed by atoms with Crippen molar-refractivity contribution in [3.63, 3.8) is 0 Å². The van der Waals surface area contributed by atoms with E-state index in [1.165, 1.54) is 20.9 Å². The maximum Gasteiger partial charge on any atom is 0.245 e. The SMILES string of the molecule is CNC(=O)[C@@H](NC(C)=O)[C@@H](C)O. The van der Waals surface area contributed by atoms with Gasteiger partial charge in [-0.25, -0.2) is 0 Å². The lowest BCUT2D eigenvalue weighted by atomic mass is 10.1. The first-order valence-corrected chi connectivity index (χ1v) is 3.65. The van der Waals surface area contributed by atoms with Crippen molar-refractivity contribution in [2.45, 2.75) is 26.0 Å². The number of carbonyl (C=O) groups is 2. The van der Waals surface area contributed by atoms with Crippen LogP contribution in [0, 0.1) is 0 Å². The van der Waals surface area contributed by atoms with Crippen LogP contribution in [-0.2, 0) is 9.59 Å². The number of rotatable bonds is 3. The zero-order valence-corrected chi connectivity index (χ0v) is 7.42. The summed E-state index contributed by atoms with van der Waals surface area (Å²) >= 11 is 0. The van der Waals surface area contributed by atoms with E-state index in [0.29, 0.717) is 0 Å². The average Bonchev–Trinajstić information content (AvgIpc) is 1.98. The summed E-state index contributed by atoms with van der Waals surface area (Å²) in [5.41, 5.74) is 0. The molecule has 0 aromatic rings. The van der Waals surface area contributed by atoms with Gasteiger partial charge in [-0.3, -0.25) is 9.59 Å². The van der Waals surface area contributed by atoms with Crippen molar-refractivity contribution in [1.29, 1.82) is 0 Å². The van der Waals surface area contributed by atoms with Gasteiger partial charge in [-0.05, 0) is 6.92 Å². The summed E-state index contributed by atoms with van der Waals surface area (Å²) < 4.78 is 0. The topological polar surface area (TPSA) is 78.4 Å². The molecule has 5 heteroatoms. The van der Waals surface area contributed by atoms with Gasteiger partial charge in [0.05, 0.1) is 6.10 Å². The summed E-state index contributed by atoms with van der Waals surface area (Å²) in [6.45, 7) is 2.73. The highest BCUT2D eigenvalue weighted by atomic mass is 16.3. The van der Waals surface area contributed by atoms with Crippen LogP contribution in [0.4, 0.5) is 0 Å². The van der Waals surface area contributed by atoms with Crippen molar-refractivity contribution < 1.29 is 14.7 Å². The number of hydrogen-bond acceptors (Lipinski definition) is 3. The Morgan fingerprint density at radius 2 is 1.92 bits per heavy atom. The average molecular weight is 174 g/mol. The molecule has 0 aromatic carbocycles. The van der Waals surface area contributed by atoms with Crippen LogP contribution in [0.3, 0.4) is 0 Å². The Kier molecular flexibility index (Phi) is 4.28. The molecule has 0 rings (SSSR count). The molecule has 0 unspecified atom stereocenters. The highest BCUT2D eigenvalue weighted by Crippen LogP contribution is 1.92. The molecule has 0 aromatic heterocycles. The minimum Gasteiger partial charge on any atom is -0.391 e. The van der Waals surface area contributed by atoms with Crippen LogP contribution >= 0.6 is 0 Å². The van der Waals surface area contributed by atoms with Gasteiger partial charge in [-0.15, -0.1) is 0 Å². The van der Waals surface area contributed by atoms with Gasteiger partial charge in [0, 0.05) is 14.0 Å². The quantitative estimate of drug-likeness (QED) is 0.493. The van der Waals surface area contributed by atoms with E-state index in [2.05, 4.69) is 10.6 Å². The summed E-state index contributed by atoms with van der Waals surface area (Å²) in [6.07, 6.45) is -0.895. The fourth-order valence-electron chi connectivity index (χ4n) is 0.780. The van der Waals surface area contributed by atoms with Gasteiger partial charge in [-0.2, -0.15) is 0 Å². The van der Waals surface area contributed by atoms with Gasteiger partial charge in [0.1, 0.15) is 6.04 Å². The van der Waals surface area contributed by atoms with Gasteiger partial charge in [0.25, 0.3) is 0 Å². The molecule has 0 saturated heterocycles. The molecule has 0 aliphatic heterocycles. The van der Waals surface area contributed by atoms with Crippen molar-refractivity contribution in [2.75, 3.05) is 7.05 Å². The predicted octanol–water partition coefficient (Wildman–Crippen LogP) is -1.38. The number of amides is 2. The standard InChI is InChI=1S/C7H14N2O3/c1-4(10)6(7(12)8-3)9-5(2)11/h4,6,10H,1-3H3,(H,8,12)(H,9,11)/t4-,6+/m1/s1. The number of aliphatic hydroxyl groups is 1. The van der Waals surface area contributed by atoms with E-state index in [1.807, 2.05) is 0 Å². The Morgan fingerprint density at radius 1 is 1.42 bits per heavy atom. The highest BCUT2D eigenvalue weighted by Gasteiger charge is 2.22. The van der Waals surface area contributed by atoms with Crippen molar-refractivity contribution >= 4 is 11.8 Å². The van der Waals surface area contributed by atoms with Crippen molar-refractivity contribution in [2.24, 2.45) is 0 Å². The van der Waals surface area contributed by atoms with E-state index >= 15 is 0 Å². The smallest absolute Gasteiger partial charge is 0.245 e. The first-order chi connectivity index (χ1) is 5.49. The van der Waals surface area contributed by atoms with E-state index < -0.39 is 18.1 Å². The van der Waals surface area contributed by atoms with Gasteiger partial charge in [-0.1, -0.05) is 0 Å². The molecular weight excluding hydrogens is 160 g/mol. The summed E-state index contributed by atoms with van der Waals surface area (Å²) in [6, 6.07) is -0.868. The lowest BCUT2D eigenvalue weighted by Gasteiger charge is -2.18. The van der Waals surface area contributed by atoms with Crippen LogP contribution in [0.25, 0.3) is 0 Å². The molecule has 0 fully saturated rings. The van der Waals surface area contributed by atoms with Crippen LogP contribution in [0.1, 0.15) is 13.8 Å². The summed E-state index contributed by atoms with van der Waals surface area (Å²) in [7, 11) is 1.44. The normalized spacial score (nSPS) is 14.7. The second-order valence-corrected chi connectivity index (χ2v) is 2.53. The van der Waals surface area contributed by atoms with Crippen LogP contribution in [0.2, 0.25) is 0 Å². The van der Waals surface area contributed by atoms with E-state index in [-0.39, 0.29) is 5.91 Å². The van der Waals surface area contributed by atoms with Crippen LogP contribution in [-0.4, -0.2) is 36.1 Å². The third kappa shape index (κ3) is 3.34. The number of likely N-dealkylation sites (N-methyl/N-ethyl adjacent to an activating group) is 1. The maximum atomic E-state index is 11.0. The minimum atomic E-state index is -0.895. The second kappa shape index (κ2) is 4.71. The molecule has 2 atom stereocenters. The van der Waals surface area contributed by atoms with Gasteiger partial charge in [0.2, 0.25) is 11.8 Å². The van der Waals surface area contributed by atoms with Crippen molar-refractivity contribution in [3.05, 3.63) is 0 Å². The van der Waals surface area contributed by atoms with Gasteiger partial charge in [0.15, 0.2) is 0 Å². The molecule has 0 spiro atoms. The largest absolute Gasteiger partial charge is 0.391 e. The predicted molar refractivity (Wildman–Crippen MR) is 43.4 cm³/mol. The molecular formula is C7H14N2O3. The summed E-state index contributed by atoms with van der Waals surface area (Å²) in [5.74, 6) is -0.746. The van der Waals surface area contributed by atoms with Gasteiger partial charge < -0.3 is 15.7 Å². The van der Waals surface area contributed by atoms with E-state index in [1.54, 1.807) is 0 Å². The summed E-state index contributed by atoms with van der Waals surface area (Å²) in [4.78, 5) is 21.6. The summed E-state index contributed by atoms with van der Waals surface area (Å²) in [5, 5.41) is 13.8. The molecule has 0 aliphatic rings. The highest BCUT2D eigenvalue weighted by molar-refractivity contribution is 5.87. The van der Waals surface area contributed by atoms with Crippen LogP contribution < -0.4 is 10.6 Å². The lowest BCUT2D eigenvalue weighted by Crippen LogP contribution is -2.51. The molecule has 0 saturated carbocycles. The minimum absolute atomic E-state index is 0.343. The zero-order chi connectivity index (χ0) is 9.72. The fraction of sp³-hybridized carbons (Fsp3) is 0.714. The molecule has 3 N–H and O–H groups in total. The fourth-order valence-corrected chi connectivity index (χ4v) is 0.780. The Hall–Kier alpha value is -1.10. The van der Waals surface area contributed by atoms with E-state index in [9.17, 15) is 9.59 Å². The first kappa shape index (κ1) is 10.9. The number of carbonyl (C=O) groups excluding carboxylic acids is 2. The van der Waals surface area contributed by atoms with E-state index in [0.717, 1.165) is 0 Å². The monoisotopic (exact) mass is 174 g/mol. The van der Waals surface area contributed by atoms with Crippen LogP contribution in [0.5, 0.6) is 0 Å². The zero-order valence-electron chi connectivity index (χ0n) is 7.42. The third-order valence-electron chi connectivity index (χ3n) is 1.37. The van der Waals surface area contributed by atoms with Crippen molar-refractivity contribution in [3.8, 4) is 0 Å². The number of aliphatic hydroxyl groups excluding tert-OH is 1. The maximum absolute atomic E-state index is 11.0. The van der Waals surface area contributed by atoms with Crippen LogP contribution in [0.15, 0.2) is 0 Å². The van der Waals surface area contributed by atoms with Gasteiger partial charge >= 0.3 is 0 Å². The Labute approximate surface area is 71.1 Å². The number of hydrogen-bond donors (Lipinski definition) is 3. The molecule has 70 valence electrons. The molecule has 0 radical (unpaired) electrons. The van der Waals surface area contributed by atoms with Crippen molar-refractivity contribution in [1.82, 2.24) is 10.6 Å². The molecule has 0 bridgehead atoms. The Bertz CT molecular complexity index is 179. The first-order valence-electron chi connectivity index (χ1n) is 3.65. The third-order valence-corrected chi connectivity index (χ3v) is 1.37.